The van der Waals surface area contributed by atoms with E-state index in [1.165, 1.54) is 0 Å². The number of guanidine groups is 1. The van der Waals surface area contributed by atoms with Crippen molar-refractivity contribution in [2.75, 3.05) is 32.4 Å². The van der Waals surface area contributed by atoms with Crippen LogP contribution in [0, 0.1) is 0 Å². The minimum atomic E-state index is -0.445. The number of nitrogens with one attached hydrogen (secondary N) is 2. The molecule has 0 aliphatic carbocycles. The van der Waals surface area contributed by atoms with Gasteiger partial charge in [-0.3, -0.25) is 4.99 Å². The quantitative estimate of drug-likeness (QED) is 0.377. The zero-order chi connectivity index (χ0) is 16.8. The normalized spacial score (nSPS) is 17.0. The molecule has 136 valence electrons. The van der Waals surface area contributed by atoms with E-state index in [0.29, 0.717) is 18.3 Å². The molecule has 0 radical (unpaired) electrons. The van der Waals surface area contributed by atoms with Gasteiger partial charge in [0.05, 0.1) is 12.6 Å². The number of hydrogen-bond donors (Lipinski definition) is 2. The number of thioether (sulfide) groups is 1. The van der Waals surface area contributed by atoms with Crippen LogP contribution in [-0.4, -0.2) is 66.3 Å². The highest BCUT2D eigenvalue weighted by Crippen LogP contribution is 2.15. The van der Waals surface area contributed by atoms with Crippen LogP contribution in [0.5, 0.6) is 0 Å². The first-order chi connectivity index (χ1) is 10.2. The lowest BCUT2D eigenvalue weighted by Crippen LogP contribution is -2.63. The summed E-state index contributed by atoms with van der Waals surface area (Å²) in [6.07, 6.45) is 1.84. The average molecular weight is 458 g/mol. The predicted molar refractivity (Wildman–Crippen MR) is 109 cm³/mol. The molecule has 6 nitrogen and oxygen atoms in total. The fourth-order valence-electron chi connectivity index (χ4n) is 1.85. The highest BCUT2D eigenvalue weighted by Gasteiger charge is 2.34. The highest BCUT2D eigenvalue weighted by atomic mass is 127. The van der Waals surface area contributed by atoms with Crippen molar-refractivity contribution in [1.29, 1.82) is 0 Å². The van der Waals surface area contributed by atoms with Gasteiger partial charge in [0.1, 0.15) is 5.60 Å². The topological polar surface area (TPSA) is 66.0 Å². The molecule has 1 saturated heterocycles. The van der Waals surface area contributed by atoms with Crippen LogP contribution in [0.3, 0.4) is 0 Å². The molecule has 0 aromatic heterocycles. The summed E-state index contributed by atoms with van der Waals surface area (Å²) in [6.45, 7) is 12.7. The van der Waals surface area contributed by atoms with E-state index < -0.39 is 5.60 Å². The lowest BCUT2D eigenvalue weighted by molar-refractivity contribution is 0.00701. The first-order valence-electron chi connectivity index (χ1n) is 7.80. The van der Waals surface area contributed by atoms with Crippen molar-refractivity contribution in [3.63, 3.8) is 0 Å². The second kappa shape index (κ2) is 10.5. The van der Waals surface area contributed by atoms with Crippen LogP contribution in [0.1, 0.15) is 34.6 Å². The summed E-state index contributed by atoms with van der Waals surface area (Å²) in [6, 6.07) is 0.231. The fraction of sp³-hybridized carbons (Fsp3) is 0.867. The van der Waals surface area contributed by atoms with E-state index in [2.05, 4.69) is 28.8 Å². The fourth-order valence-corrected chi connectivity index (χ4v) is 2.08. The van der Waals surface area contributed by atoms with Gasteiger partial charge in [-0.05, 0) is 34.0 Å². The predicted octanol–water partition coefficient (Wildman–Crippen LogP) is 2.53. The number of likely N-dealkylation sites (tertiary alicyclic amines) is 1. The Hall–Kier alpha value is -0.380. The monoisotopic (exact) mass is 458 g/mol. The Morgan fingerprint density at radius 1 is 1.43 bits per heavy atom. The summed E-state index contributed by atoms with van der Waals surface area (Å²) in [7, 11) is 0. The van der Waals surface area contributed by atoms with E-state index in [0.717, 1.165) is 19.0 Å². The van der Waals surface area contributed by atoms with Gasteiger partial charge in [0.2, 0.25) is 0 Å². The maximum absolute atomic E-state index is 11.9. The molecule has 8 heteroatoms. The van der Waals surface area contributed by atoms with Crippen molar-refractivity contribution in [3.05, 3.63) is 0 Å². The molecule has 1 rings (SSSR count). The number of aliphatic imine (C=N–C) groups is 1. The van der Waals surface area contributed by atoms with Gasteiger partial charge in [-0.1, -0.05) is 6.92 Å². The molecule has 1 atom stereocenters. The van der Waals surface area contributed by atoms with Crippen LogP contribution >= 0.6 is 35.7 Å². The highest BCUT2D eigenvalue weighted by molar-refractivity contribution is 14.0. The number of carbonyl (C=O) groups excluding carboxylic acids is 1. The van der Waals surface area contributed by atoms with Crippen LogP contribution in [-0.2, 0) is 4.74 Å². The van der Waals surface area contributed by atoms with Gasteiger partial charge in [0, 0.05) is 24.9 Å². The Balaban J connectivity index is 0.00000484. The molecular formula is C15H31IN4O2S. The largest absolute Gasteiger partial charge is 0.444 e. The molecular weight excluding hydrogens is 427 g/mol. The summed E-state index contributed by atoms with van der Waals surface area (Å²) in [5, 5.41) is 7.10. The van der Waals surface area contributed by atoms with Crippen molar-refractivity contribution in [1.82, 2.24) is 15.5 Å². The molecule has 1 aliphatic heterocycles. The van der Waals surface area contributed by atoms with Crippen LogP contribution in [0.4, 0.5) is 4.79 Å². The third-order valence-corrected chi connectivity index (χ3v) is 4.08. The van der Waals surface area contributed by atoms with Crippen molar-refractivity contribution < 1.29 is 9.53 Å². The molecule has 0 bridgehead atoms. The van der Waals surface area contributed by atoms with Crippen LogP contribution in [0.15, 0.2) is 4.99 Å². The van der Waals surface area contributed by atoms with Gasteiger partial charge in [-0.15, -0.1) is 24.0 Å². The van der Waals surface area contributed by atoms with Crippen LogP contribution < -0.4 is 10.6 Å². The van der Waals surface area contributed by atoms with Crippen LogP contribution in [0.25, 0.3) is 0 Å². The van der Waals surface area contributed by atoms with E-state index in [1.807, 2.05) is 27.7 Å². The first kappa shape index (κ1) is 22.6. The van der Waals surface area contributed by atoms with Crippen LogP contribution in [0.2, 0.25) is 0 Å². The second-order valence-corrected chi connectivity index (χ2v) is 7.77. The van der Waals surface area contributed by atoms with Gasteiger partial charge in [-0.25, -0.2) is 4.79 Å². The maximum atomic E-state index is 11.9. The average Bonchev–Trinajstić information content (AvgIpc) is 2.36. The minimum Gasteiger partial charge on any atom is -0.444 e. The smallest absolute Gasteiger partial charge is 0.410 e. The molecule has 0 aromatic carbocycles. The Morgan fingerprint density at radius 3 is 2.52 bits per heavy atom. The summed E-state index contributed by atoms with van der Waals surface area (Å²) in [5.74, 6) is 0.817. The number of ether oxygens (including phenoxy) is 1. The molecule has 1 fully saturated rings. The maximum Gasteiger partial charge on any atom is 0.410 e. The minimum absolute atomic E-state index is 0. The number of rotatable bonds is 5. The van der Waals surface area contributed by atoms with E-state index >= 15 is 0 Å². The van der Waals surface area contributed by atoms with Gasteiger partial charge in [-0.2, -0.15) is 11.8 Å². The van der Waals surface area contributed by atoms with E-state index in [9.17, 15) is 4.79 Å². The lowest BCUT2D eigenvalue weighted by atomic mass is 10.1. The molecule has 1 unspecified atom stereocenters. The molecule has 1 heterocycles. The second-order valence-electron chi connectivity index (χ2n) is 6.49. The third kappa shape index (κ3) is 8.88. The molecule has 2 N–H and O–H groups in total. The summed E-state index contributed by atoms with van der Waals surface area (Å²) >= 11 is 1.80. The third-order valence-electron chi connectivity index (χ3n) is 3.13. The zero-order valence-electron chi connectivity index (χ0n) is 15.0. The number of halogens is 1. The van der Waals surface area contributed by atoms with Crippen molar-refractivity contribution in [2.45, 2.75) is 51.5 Å². The summed E-state index contributed by atoms with van der Waals surface area (Å²) in [4.78, 5) is 18.2. The zero-order valence-corrected chi connectivity index (χ0v) is 18.2. The Labute approximate surface area is 161 Å². The Kier molecular flexibility index (Phi) is 10.3. The van der Waals surface area contributed by atoms with E-state index in [-0.39, 0.29) is 36.1 Å². The number of hydrogen-bond acceptors (Lipinski definition) is 4. The summed E-state index contributed by atoms with van der Waals surface area (Å²) < 4.78 is 5.35. The molecule has 23 heavy (non-hydrogen) atoms. The Morgan fingerprint density at radius 2 is 2.04 bits per heavy atom. The molecule has 0 saturated carbocycles. The molecule has 1 aliphatic rings. The molecule has 1 amide bonds. The number of amides is 1. The number of nitrogens with zero attached hydrogens (tertiary/aromatic N) is 2. The van der Waals surface area contributed by atoms with Crippen molar-refractivity contribution in [3.8, 4) is 0 Å². The van der Waals surface area contributed by atoms with Gasteiger partial charge >= 0.3 is 6.09 Å². The lowest BCUT2D eigenvalue weighted by Gasteiger charge is -2.40. The first-order valence-corrected chi connectivity index (χ1v) is 9.09. The van der Waals surface area contributed by atoms with Gasteiger partial charge in [0.25, 0.3) is 0 Å². The SMILES string of the molecule is CCNC(=NCC(C)SC)NC1CN(C(=O)OC(C)(C)C)C1.I. The molecule has 0 spiro atoms. The van der Waals surface area contributed by atoms with Crippen molar-refractivity contribution in [2.24, 2.45) is 4.99 Å². The van der Waals surface area contributed by atoms with Gasteiger partial charge < -0.3 is 20.3 Å². The molecule has 0 aromatic rings. The standard InChI is InChI=1S/C15H30N4O2S.HI/c1-7-16-13(17-8-11(2)22-6)18-12-9-19(10-12)14(20)21-15(3,4)5;/h11-12H,7-10H2,1-6H3,(H2,16,17,18);1H. The van der Waals surface area contributed by atoms with Crippen molar-refractivity contribution >= 4 is 47.8 Å². The van der Waals surface area contributed by atoms with E-state index in [4.69, 9.17) is 4.74 Å². The van der Waals surface area contributed by atoms with E-state index in [1.54, 1.807) is 16.7 Å². The number of carbonyl (C=O) groups is 1. The Bertz CT molecular complexity index is 395. The van der Waals surface area contributed by atoms with Gasteiger partial charge in [0.15, 0.2) is 5.96 Å². The summed E-state index contributed by atoms with van der Waals surface area (Å²) in [5.41, 5.74) is -0.445.